The van der Waals surface area contributed by atoms with Crippen molar-refractivity contribution in [2.24, 2.45) is 17.3 Å². The van der Waals surface area contributed by atoms with Gasteiger partial charge >= 0.3 is 5.97 Å². The van der Waals surface area contributed by atoms with Gasteiger partial charge in [-0.25, -0.2) is 4.39 Å². The van der Waals surface area contributed by atoms with Crippen molar-refractivity contribution in [3.8, 4) is 0 Å². The molecule has 4 nitrogen and oxygen atoms in total. The van der Waals surface area contributed by atoms with Crippen LogP contribution in [0.5, 0.6) is 0 Å². The number of likely N-dealkylation sites (tertiary alicyclic amines) is 1. The molecule has 130 valence electrons. The first-order chi connectivity index (χ1) is 11.4. The summed E-state index contributed by atoms with van der Waals surface area (Å²) < 4.78 is 13.4. The highest BCUT2D eigenvalue weighted by Gasteiger charge is 2.47. The monoisotopic (exact) mass is 333 g/mol. The molecule has 1 saturated carbocycles. The minimum atomic E-state index is -0.771. The molecule has 0 aromatic heterocycles. The quantitative estimate of drug-likeness (QED) is 0.921. The number of rotatable bonds is 4. The van der Waals surface area contributed by atoms with Gasteiger partial charge in [-0.2, -0.15) is 0 Å². The van der Waals surface area contributed by atoms with Gasteiger partial charge in [0.1, 0.15) is 5.82 Å². The zero-order chi connectivity index (χ0) is 17.3. The van der Waals surface area contributed by atoms with Crippen molar-refractivity contribution in [1.82, 2.24) is 4.90 Å². The summed E-state index contributed by atoms with van der Waals surface area (Å²) in [5.41, 5.74) is 0.431. The number of carbonyl (C=O) groups is 2. The number of hydrogen-bond donors (Lipinski definition) is 1. The van der Waals surface area contributed by atoms with Gasteiger partial charge in [0, 0.05) is 13.1 Å². The average Bonchev–Trinajstić information content (AvgIpc) is 2.50. The van der Waals surface area contributed by atoms with Crippen molar-refractivity contribution in [2.45, 2.75) is 39.0 Å². The van der Waals surface area contributed by atoms with Crippen molar-refractivity contribution >= 4 is 11.9 Å². The number of nitrogens with zero attached hydrogens (tertiary/aromatic N) is 1. The molecule has 1 N–H and O–H groups in total. The predicted molar refractivity (Wildman–Crippen MR) is 87.9 cm³/mol. The predicted octanol–water partition coefficient (Wildman–Crippen LogP) is 3.11. The van der Waals surface area contributed by atoms with Crippen LogP contribution in [0.2, 0.25) is 0 Å². The highest BCUT2D eigenvalue weighted by molar-refractivity contribution is 5.84. The molecule has 1 aromatic rings. The molecule has 1 heterocycles. The first-order valence-electron chi connectivity index (χ1n) is 8.68. The Morgan fingerprint density at radius 1 is 1.38 bits per heavy atom. The number of benzene rings is 1. The zero-order valence-corrected chi connectivity index (χ0v) is 14.0. The molecule has 1 saturated heterocycles. The fourth-order valence-electron chi connectivity index (χ4n) is 4.14. The molecule has 1 aliphatic carbocycles. The molecule has 1 aliphatic heterocycles. The lowest BCUT2D eigenvalue weighted by molar-refractivity contribution is -0.155. The van der Waals surface area contributed by atoms with Gasteiger partial charge in [0.05, 0.1) is 11.3 Å². The van der Waals surface area contributed by atoms with Gasteiger partial charge in [-0.05, 0) is 49.3 Å². The van der Waals surface area contributed by atoms with Crippen LogP contribution in [0.4, 0.5) is 4.39 Å². The van der Waals surface area contributed by atoms with E-state index < -0.39 is 11.4 Å². The van der Waals surface area contributed by atoms with Crippen LogP contribution in [0.3, 0.4) is 0 Å². The lowest BCUT2D eigenvalue weighted by Crippen LogP contribution is -2.53. The van der Waals surface area contributed by atoms with Crippen LogP contribution in [0.1, 0.15) is 38.2 Å². The number of halogens is 1. The Bertz CT molecular complexity index is 641. The minimum absolute atomic E-state index is 0.0357. The Labute approximate surface area is 141 Å². The number of amides is 1. The van der Waals surface area contributed by atoms with E-state index in [9.17, 15) is 19.1 Å². The highest BCUT2D eigenvalue weighted by Crippen LogP contribution is 2.46. The van der Waals surface area contributed by atoms with E-state index in [2.05, 4.69) is 0 Å². The maximum absolute atomic E-state index is 13.4. The van der Waals surface area contributed by atoms with Gasteiger partial charge in [-0.1, -0.05) is 25.5 Å². The number of carbonyl (C=O) groups excluding carboxylic acids is 1. The zero-order valence-electron chi connectivity index (χ0n) is 14.0. The van der Waals surface area contributed by atoms with Crippen LogP contribution < -0.4 is 0 Å². The van der Waals surface area contributed by atoms with E-state index >= 15 is 0 Å². The summed E-state index contributed by atoms with van der Waals surface area (Å²) in [6, 6.07) is 6.47. The smallest absolute Gasteiger partial charge is 0.306 e. The SMILES string of the molecule is CC1CN(C(=O)C2(Cc3cccc(F)c3)CCC2)CCC1C(=O)O. The van der Waals surface area contributed by atoms with E-state index in [1.165, 1.54) is 12.1 Å². The maximum atomic E-state index is 13.4. The Morgan fingerprint density at radius 2 is 2.12 bits per heavy atom. The molecular weight excluding hydrogens is 309 g/mol. The third kappa shape index (κ3) is 3.17. The first kappa shape index (κ1) is 16.9. The van der Waals surface area contributed by atoms with Crippen molar-refractivity contribution in [2.75, 3.05) is 13.1 Å². The molecule has 2 aliphatic rings. The second-order valence-corrected chi connectivity index (χ2v) is 7.40. The molecule has 2 atom stereocenters. The van der Waals surface area contributed by atoms with Gasteiger partial charge in [0.25, 0.3) is 0 Å². The summed E-state index contributed by atoms with van der Waals surface area (Å²) in [4.78, 5) is 26.2. The number of aliphatic carboxylic acids is 1. The molecule has 3 rings (SSSR count). The van der Waals surface area contributed by atoms with Crippen LogP contribution in [0.25, 0.3) is 0 Å². The average molecular weight is 333 g/mol. The molecule has 0 radical (unpaired) electrons. The summed E-state index contributed by atoms with van der Waals surface area (Å²) >= 11 is 0. The van der Waals surface area contributed by atoms with Crippen molar-refractivity contribution in [3.05, 3.63) is 35.6 Å². The summed E-state index contributed by atoms with van der Waals surface area (Å²) in [5, 5.41) is 9.23. The van der Waals surface area contributed by atoms with Crippen LogP contribution in [0.15, 0.2) is 24.3 Å². The Kier molecular flexibility index (Phi) is 4.61. The van der Waals surface area contributed by atoms with E-state index in [1.807, 2.05) is 17.9 Å². The summed E-state index contributed by atoms with van der Waals surface area (Å²) in [6.07, 6.45) is 3.75. The number of piperidine rings is 1. The van der Waals surface area contributed by atoms with Gasteiger partial charge in [-0.15, -0.1) is 0 Å². The maximum Gasteiger partial charge on any atom is 0.306 e. The minimum Gasteiger partial charge on any atom is -0.481 e. The van der Waals surface area contributed by atoms with Gasteiger partial charge in [0.15, 0.2) is 0 Å². The summed E-state index contributed by atoms with van der Waals surface area (Å²) in [6.45, 7) is 2.91. The molecule has 2 fully saturated rings. The summed E-state index contributed by atoms with van der Waals surface area (Å²) in [7, 11) is 0. The van der Waals surface area contributed by atoms with Crippen molar-refractivity contribution in [3.63, 3.8) is 0 Å². The fourth-order valence-corrected chi connectivity index (χ4v) is 4.14. The lowest BCUT2D eigenvalue weighted by atomic mass is 9.64. The molecule has 2 unspecified atom stereocenters. The normalized spacial score (nSPS) is 25.8. The highest BCUT2D eigenvalue weighted by atomic mass is 19.1. The van der Waals surface area contributed by atoms with Crippen LogP contribution in [-0.2, 0) is 16.0 Å². The lowest BCUT2D eigenvalue weighted by Gasteiger charge is -2.46. The van der Waals surface area contributed by atoms with Crippen LogP contribution in [-0.4, -0.2) is 35.0 Å². The Morgan fingerprint density at radius 3 is 2.67 bits per heavy atom. The molecule has 5 heteroatoms. The molecule has 24 heavy (non-hydrogen) atoms. The van der Waals surface area contributed by atoms with Gasteiger partial charge in [-0.3, -0.25) is 9.59 Å². The van der Waals surface area contributed by atoms with Crippen LogP contribution in [0, 0.1) is 23.1 Å². The van der Waals surface area contributed by atoms with E-state index in [0.717, 1.165) is 24.8 Å². The van der Waals surface area contributed by atoms with Gasteiger partial charge in [0.2, 0.25) is 5.91 Å². The first-order valence-corrected chi connectivity index (χ1v) is 8.68. The number of hydrogen-bond acceptors (Lipinski definition) is 2. The van der Waals surface area contributed by atoms with E-state index in [0.29, 0.717) is 25.9 Å². The standard InChI is InChI=1S/C19H24FNO3/c1-13-12-21(9-6-16(13)17(22)23)18(24)19(7-3-8-19)11-14-4-2-5-15(20)10-14/h2,4-5,10,13,16H,3,6-9,11-12H2,1H3,(H,22,23). The number of carboxylic acids is 1. The Balaban J connectivity index is 1.71. The second kappa shape index (κ2) is 6.54. The van der Waals surface area contributed by atoms with E-state index in [4.69, 9.17) is 0 Å². The largest absolute Gasteiger partial charge is 0.481 e. The molecule has 0 bridgehead atoms. The second-order valence-electron chi connectivity index (χ2n) is 7.40. The third-order valence-electron chi connectivity index (χ3n) is 5.71. The van der Waals surface area contributed by atoms with E-state index in [1.54, 1.807) is 6.07 Å². The molecular formula is C19H24FNO3. The van der Waals surface area contributed by atoms with E-state index in [-0.39, 0.29) is 23.6 Å². The third-order valence-corrected chi connectivity index (χ3v) is 5.71. The van der Waals surface area contributed by atoms with Crippen LogP contribution >= 0.6 is 0 Å². The molecule has 0 spiro atoms. The Hall–Kier alpha value is -1.91. The summed E-state index contributed by atoms with van der Waals surface area (Å²) in [5.74, 6) is -1.33. The topological polar surface area (TPSA) is 57.6 Å². The number of carboxylic acid groups (broad SMARTS) is 1. The van der Waals surface area contributed by atoms with Crippen molar-refractivity contribution in [1.29, 1.82) is 0 Å². The fraction of sp³-hybridized carbons (Fsp3) is 0.579. The molecule has 1 amide bonds. The van der Waals surface area contributed by atoms with Gasteiger partial charge < -0.3 is 10.0 Å². The van der Waals surface area contributed by atoms with Crippen molar-refractivity contribution < 1.29 is 19.1 Å². The molecule has 1 aromatic carbocycles.